The second-order valence-electron chi connectivity index (χ2n) is 5.44. The molecule has 0 aromatic heterocycles. The predicted molar refractivity (Wildman–Crippen MR) is 65.1 cm³/mol. The van der Waals surface area contributed by atoms with E-state index in [0.717, 1.165) is 12.0 Å². The maximum atomic E-state index is 3.36. The van der Waals surface area contributed by atoms with E-state index in [-0.39, 0.29) is 0 Å². The van der Waals surface area contributed by atoms with Crippen LogP contribution in [0.1, 0.15) is 44.9 Å². The van der Waals surface area contributed by atoms with E-state index < -0.39 is 0 Å². The summed E-state index contributed by atoms with van der Waals surface area (Å²) in [4.78, 5) is 2.63. The van der Waals surface area contributed by atoms with E-state index in [1.54, 1.807) is 0 Å². The van der Waals surface area contributed by atoms with Crippen molar-refractivity contribution in [2.24, 2.45) is 5.92 Å². The van der Waals surface area contributed by atoms with E-state index in [4.69, 9.17) is 0 Å². The zero-order chi connectivity index (χ0) is 10.5. The number of rotatable bonds is 4. The summed E-state index contributed by atoms with van der Waals surface area (Å²) in [5.41, 5.74) is 0. The Bertz CT molecular complexity index is 169. The van der Waals surface area contributed by atoms with Crippen molar-refractivity contribution in [1.29, 1.82) is 0 Å². The summed E-state index contributed by atoms with van der Waals surface area (Å²) in [6.07, 6.45) is 10.1. The Kier molecular flexibility index (Phi) is 4.45. The van der Waals surface area contributed by atoms with Gasteiger partial charge in [-0.2, -0.15) is 0 Å². The Labute approximate surface area is 94.4 Å². The number of hydrogen-bond acceptors (Lipinski definition) is 2. The van der Waals surface area contributed by atoms with E-state index in [2.05, 4.69) is 17.3 Å². The predicted octanol–water partition coefficient (Wildman–Crippen LogP) is 2.25. The average Bonchev–Trinajstić information content (AvgIpc) is 2.43. The van der Waals surface area contributed by atoms with Gasteiger partial charge in [0.1, 0.15) is 0 Å². The maximum Gasteiger partial charge on any atom is 0.00922 e. The highest BCUT2D eigenvalue weighted by Crippen LogP contribution is 2.21. The van der Waals surface area contributed by atoms with Crippen molar-refractivity contribution in [3.8, 4) is 0 Å². The molecule has 0 aromatic rings. The Morgan fingerprint density at radius 3 is 2.27 bits per heavy atom. The molecule has 0 spiro atoms. The van der Waals surface area contributed by atoms with E-state index >= 15 is 0 Å². The zero-order valence-electron chi connectivity index (χ0n) is 10.2. The smallest absolute Gasteiger partial charge is 0.00922 e. The van der Waals surface area contributed by atoms with Gasteiger partial charge in [-0.25, -0.2) is 0 Å². The van der Waals surface area contributed by atoms with Crippen LogP contribution in [0.25, 0.3) is 0 Å². The van der Waals surface area contributed by atoms with Crippen LogP contribution in [0.3, 0.4) is 0 Å². The summed E-state index contributed by atoms with van der Waals surface area (Å²) >= 11 is 0. The van der Waals surface area contributed by atoms with Crippen molar-refractivity contribution in [3.63, 3.8) is 0 Å². The first-order chi connectivity index (χ1) is 7.36. The van der Waals surface area contributed by atoms with Crippen LogP contribution in [0.4, 0.5) is 0 Å². The largest absolute Gasteiger partial charge is 0.316 e. The molecule has 0 aromatic carbocycles. The summed E-state index contributed by atoms with van der Waals surface area (Å²) in [5, 5.41) is 3.36. The van der Waals surface area contributed by atoms with Gasteiger partial charge < -0.3 is 10.2 Å². The Hall–Kier alpha value is -0.0800. The van der Waals surface area contributed by atoms with Gasteiger partial charge in [0.05, 0.1) is 0 Å². The van der Waals surface area contributed by atoms with Crippen LogP contribution in [0.15, 0.2) is 0 Å². The molecule has 2 aliphatic rings. The van der Waals surface area contributed by atoms with Crippen LogP contribution in [-0.4, -0.2) is 37.6 Å². The number of nitrogens with one attached hydrogen (secondary N) is 1. The molecule has 1 aliphatic carbocycles. The third kappa shape index (κ3) is 3.46. The SMILES string of the molecule is CN(CCC1CNC1)C1CCCCCC1. The Morgan fingerprint density at radius 2 is 1.73 bits per heavy atom. The highest BCUT2D eigenvalue weighted by Gasteiger charge is 2.20. The first-order valence-electron chi connectivity index (χ1n) is 6.77. The molecular weight excluding hydrogens is 184 g/mol. The maximum absolute atomic E-state index is 3.36. The molecule has 0 unspecified atom stereocenters. The summed E-state index contributed by atoms with van der Waals surface area (Å²) < 4.78 is 0. The molecule has 0 bridgehead atoms. The first-order valence-corrected chi connectivity index (χ1v) is 6.77. The van der Waals surface area contributed by atoms with Gasteiger partial charge >= 0.3 is 0 Å². The lowest BCUT2D eigenvalue weighted by molar-refractivity contribution is 0.191. The molecule has 15 heavy (non-hydrogen) atoms. The fourth-order valence-corrected chi connectivity index (χ4v) is 2.82. The fourth-order valence-electron chi connectivity index (χ4n) is 2.82. The minimum atomic E-state index is 0.889. The molecule has 88 valence electrons. The number of nitrogens with zero attached hydrogens (tertiary/aromatic N) is 1. The van der Waals surface area contributed by atoms with Gasteiger partial charge in [0.15, 0.2) is 0 Å². The van der Waals surface area contributed by atoms with Gasteiger partial charge in [-0.15, -0.1) is 0 Å². The zero-order valence-corrected chi connectivity index (χ0v) is 10.2. The van der Waals surface area contributed by atoms with E-state index in [1.807, 2.05) is 0 Å². The molecule has 0 amide bonds. The molecule has 1 saturated carbocycles. The highest BCUT2D eigenvalue weighted by atomic mass is 15.1. The number of hydrogen-bond donors (Lipinski definition) is 1. The first kappa shape index (κ1) is 11.4. The highest BCUT2D eigenvalue weighted by molar-refractivity contribution is 4.78. The summed E-state index contributed by atoms with van der Waals surface area (Å²) in [6, 6.07) is 0.889. The topological polar surface area (TPSA) is 15.3 Å². The summed E-state index contributed by atoms with van der Waals surface area (Å²) in [7, 11) is 2.34. The quantitative estimate of drug-likeness (QED) is 0.716. The lowest BCUT2D eigenvalue weighted by atomic mass is 9.98. The standard InChI is InChI=1S/C13H26N2/c1-15(9-8-12-10-14-11-12)13-6-4-2-3-5-7-13/h12-14H,2-11H2,1H3. The molecule has 1 N–H and O–H groups in total. The van der Waals surface area contributed by atoms with Crippen LogP contribution < -0.4 is 5.32 Å². The monoisotopic (exact) mass is 210 g/mol. The molecule has 2 rings (SSSR count). The van der Waals surface area contributed by atoms with E-state index in [1.165, 1.54) is 64.6 Å². The minimum Gasteiger partial charge on any atom is -0.316 e. The normalized spacial score (nSPS) is 25.2. The second-order valence-corrected chi connectivity index (χ2v) is 5.44. The van der Waals surface area contributed by atoms with Crippen LogP contribution in [0.5, 0.6) is 0 Å². The van der Waals surface area contributed by atoms with Crippen LogP contribution >= 0.6 is 0 Å². The van der Waals surface area contributed by atoms with Gasteiger partial charge in [-0.1, -0.05) is 25.7 Å². The lowest BCUT2D eigenvalue weighted by Crippen LogP contribution is -2.44. The van der Waals surface area contributed by atoms with Gasteiger partial charge in [0, 0.05) is 6.04 Å². The fraction of sp³-hybridized carbons (Fsp3) is 1.00. The third-order valence-electron chi connectivity index (χ3n) is 4.20. The van der Waals surface area contributed by atoms with Crippen molar-refractivity contribution >= 4 is 0 Å². The molecule has 1 aliphatic heterocycles. The molecule has 1 heterocycles. The van der Waals surface area contributed by atoms with E-state index in [0.29, 0.717) is 0 Å². The minimum absolute atomic E-state index is 0.889. The average molecular weight is 210 g/mol. The van der Waals surface area contributed by atoms with Crippen LogP contribution in [0, 0.1) is 5.92 Å². The van der Waals surface area contributed by atoms with Crippen molar-refractivity contribution in [2.75, 3.05) is 26.7 Å². The van der Waals surface area contributed by atoms with Gasteiger partial charge in [0.25, 0.3) is 0 Å². The lowest BCUT2D eigenvalue weighted by Gasteiger charge is -2.32. The molecule has 2 heteroatoms. The molecule has 2 fully saturated rings. The Balaban J connectivity index is 1.65. The summed E-state index contributed by atoms with van der Waals surface area (Å²) in [6.45, 7) is 3.84. The van der Waals surface area contributed by atoms with Crippen LogP contribution in [-0.2, 0) is 0 Å². The third-order valence-corrected chi connectivity index (χ3v) is 4.20. The molecular formula is C13H26N2. The molecule has 2 nitrogen and oxygen atoms in total. The van der Waals surface area contributed by atoms with Crippen LogP contribution in [0.2, 0.25) is 0 Å². The molecule has 1 saturated heterocycles. The molecule has 0 atom stereocenters. The van der Waals surface area contributed by atoms with Crippen molar-refractivity contribution < 1.29 is 0 Å². The molecule has 0 radical (unpaired) electrons. The Morgan fingerprint density at radius 1 is 1.07 bits per heavy atom. The van der Waals surface area contributed by atoms with Crippen molar-refractivity contribution in [1.82, 2.24) is 10.2 Å². The van der Waals surface area contributed by atoms with Gasteiger partial charge in [-0.3, -0.25) is 0 Å². The second kappa shape index (κ2) is 5.86. The van der Waals surface area contributed by atoms with E-state index in [9.17, 15) is 0 Å². The summed E-state index contributed by atoms with van der Waals surface area (Å²) in [5.74, 6) is 0.971. The van der Waals surface area contributed by atoms with Gasteiger partial charge in [0.2, 0.25) is 0 Å². The van der Waals surface area contributed by atoms with Crippen molar-refractivity contribution in [2.45, 2.75) is 51.0 Å². The van der Waals surface area contributed by atoms with Gasteiger partial charge in [-0.05, 0) is 51.9 Å². The van der Waals surface area contributed by atoms with Crippen molar-refractivity contribution in [3.05, 3.63) is 0 Å².